The molecule has 255 valence electrons. The van der Waals surface area contributed by atoms with Crippen LogP contribution < -0.4 is 4.40 Å². The summed E-state index contributed by atoms with van der Waals surface area (Å²) in [7, 11) is 2.02. The Hall–Kier alpha value is -4.17. The largest absolute Gasteiger partial charge is 0.486 e. The molecule has 0 atom stereocenters. The molecule has 0 saturated carbocycles. The molecule has 5 aromatic heterocycles. The molecule has 0 aliphatic heterocycles. The maximum Gasteiger partial charge on any atom is 0.216 e. The van der Waals surface area contributed by atoms with Crippen LogP contribution in [0.15, 0.2) is 89.6 Å². The third-order valence-electron chi connectivity index (χ3n) is 8.94. The second-order valence-electron chi connectivity index (χ2n) is 14.4. The summed E-state index contributed by atoms with van der Waals surface area (Å²) in [6.07, 6.45) is 5.02. The molecule has 0 fully saturated rings. The Labute approximate surface area is 310 Å². The molecule has 1 radical (unpaired) electrons. The first kappa shape index (κ1) is 35.7. The van der Waals surface area contributed by atoms with Crippen LogP contribution in [-0.2, 0) is 33.6 Å². The number of furan rings is 1. The number of pyridine rings is 3. The normalized spacial score (nSPS) is 11.7. The Morgan fingerprint density at radius 1 is 0.900 bits per heavy atom. The molecule has 8 heteroatoms. The summed E-state index contributed by atoms with van der Waals surface area (Å²) in [4.78, 5) is 18.7. The van der Waals surface area contributed by atoms with Gasteiger partial charge in [-0.05, 0) is 31.2 Å². The summed E-state index contributed by atoms with van der Waals surface area (Å²) in [5.74, 6) is 8.80. The number of imidazole rings is 1. The number of aromatic nitrogens is 5. The number of hydrogen-bond donors (Lipinski definition) is 0. The monoisotopic (exact) mass is 898 g/mol. The van der Waals surface area contributed by atoms with Gasteiger partial charge in [0.15, 0.2) is 0 Å². The summed E-state index contributed by atoms with van der Waals surface area (Å²) in [6.45, 7) is 8.68. The van der Waals surface area contributed by atoms with Gasteiger partial charge >= 0.3 is 132 Å². The van der Waals surface area contributed by atoms with Gasteiger partial charge in [0, 0.05) is 49.8 Å². The fourth-order valence-electron chi connectivity index (χ4n) is 6.53. The van der Waals surface area contributed by atoms with Crippen LogP contribution in [0.3, 0.4) is 0 Å². The van der Waals surface area contributed by atoms with Crippen molar-refractivity contribution in [1.29, 1.82) is 0 Å². The molecule has 3 aromatic carbocycles. The fraction of sp³-hybridized carbons (Fsp3) is 0.238. The van der Waals surface area contributed by atoms with Gasteiger partial charge in [0.2, 0.25) is 5.71 Å². The average molecular weight is 897 g/mol. The fourth-order valence-corrected chi connectivity index (χ4v) is 9.87. The molecular formula is C42H41GeIrN5O-2. The summed E-state index contributed by atoms with van der Waals surface area (Å²) in [5.41, 5.74) is 11.0. The van der Waals surface area contributed by atoms with Crippen LogP contribution in [0.5, 0.6) is 0 Å². The Morgan fingerprint density at radius 3 is 2.44 bits per heavy atom. The van der Waals surface area contributed by atoms with Gasteiger partial charge in [-0.25, -0.2) is 4.98 Å². The molecule has 0 bridgehead atoms. The van der Waals surface area contributed by atoms with Crippen LogP contribution in [0.2, 0.25) is 17.3 Å². The van der Waals surface area contributed by atoms with E-state index in [1.165, 1.54) is 11.1 Å². The summed E-state index contributed by atoms with van der Waals surface area (Å²) >= 11 is -1.87. The van der Waals surface area contributed by atoms with Gasteiger partial charge in [-0.1, -0.05) is 23.1 Å². The first-order valence-corrected chi connectivity index (χ1v) is 24.2. The van der Waals surface area contributed by atoms with Crippen LogP contribution in [0, 0.1) is 31.9 Å². The predicted octanol–water partition coefficient (Wildman–Crippen LogP) is 9.79. The summed E-state index contributed by atoms with van der Waals surface area (Å²) in [6, 6.07) is 31.4. The van der Waals surface area contributed by atoms with Crippen molar-refractivity contribution in [3.05, 3.63) is 114 Å². The van der Waals surface area contributed by atoms with Crippen molar-refractivity contribution in [1.82, 2.24) is 24.5 Å². The Balaban J connectivity index is 0.000000177. The second kappa shape index (κ2) is 14.2. The van der Waals surface area contributed by atoms with Gasteiger partial charge in [0.25, 0.3) is 0 Å². The minimum absolute atomic E-state index is 0. The minimum Gasteiger partial charge on any atom is -0.486 e. The van der Waals surface area contributed by atoms with E-state index in [9.17, 15) is 0 Å². The molecule has 0 N–H and O–H groups in total. The van der Waals surface area contributed by atoms with E-state index in [1.54, 1.807) is 10.6 Å². The number of benzene rings is 3. The van der Waals surface area contributed by atoms with Crippen molar-refractivity contribution in [2.75, 3.05) is 0 Å². The van der Waals surface area contributed by atoms with Gasteiger partial charge in [-0.3, -0.25) is 9.97 Å². The molecule has 50 heavy (non-hydrogen) atoms. The van der Waals surface area contributed by atoms with E-state index in [2.05, 4.69) is 96.3 Å². The van der Waals surface area contributed by atoms with E-state index in [0.717, 1.165) is 73.1 Å². The first-order valence-electron chi connectivity index (χ1n) is 16.9. The second-order valence-corrected chi connectivity index (χ2v) is 24.9. The van der Waals surface area contributed by atoms with E-state index < -0.39 is 13.3 Å². The SMILES string of the molecule is Cc1c[c-]c(-c2cc(CC(C)C)[c]([Ge]([CH3])([CH3])[CH3])cn2)cc1.Cc1ccc2ccc3nc(-c4[c-]ccc5c4oc4ncccc45)n(C)c3c2n1.[Ir]. The smallest absolute Gasteiger partial charge is 0.216 e. The molecule has 0 amide bonds. The van der Waals surface area contributed by atoms with Gasteiger partial charge in [-0.15, -0.1) is 18.2 Å². The van der Waals surface area contributed by atoms with E-state index in [0.29, 0.717) is 11.6 Å². The first-order chi connectivity index (χ1) is 23.5. The van der Waals surface area contributed by atoms with E-state index in [-0.39, 0.29) is 20.1 Å². The Kier molecular flexibility index (Phi) is 10.1. The molecule has 8 rings (SSSR count). The van der Waals surface area contributed by atoms with Gasteiger partial charge in [0.1, 0.15) is 0 Å². The molecular weight excluding hydrogens is 855 g/mol. The number of hydrogen-bond acceptors (Lipinski definition) is 5. The molecule has 0 saturated heterocycles. The quantitative estimate of drug-likeness (QED) is 0.127. The Morgan fingerprint density at radius 2 is 1.70 bits per heavy atom. The third-order valence-corrected chi connectivity index (χ3v) is 13.3. The maximum atomic E-state index is 6.08. The standard InChI is InChI=1S/C23H15N4O.C19H26GeN.Ir/c1-13-8-9-14-10-11-18-20(19(14)25-13)27(2)22(26-18)17-6-3-5-15-16-7-4-12-24-23(16)28-21(15)17;1-14(2)11-17-12-19(16-9-7-15(3)8-10-16)21-13-18(17)20(4,5)6;/h3-5,7-12H,1-2H3;7-9,12-14H,11H2,1-6H3;/q2*-1;. The van der Waals surface area contributed by atoms with Crippen molar-refractivity contribution in [2.24, 2.45) is 13.0 Å². The number of rotatable bonds is 5. The number of nitrogens with zero attached hydrogens (tertiary/aromatic N) is 5. The average Bonchev–Trinajstić information content (AvgIpc) is 3.62. The van der Waals surface area contributed by atoms with Crippen molar-refractivity contribution in [3.63, 3.8) is 0 Å². The van der Waals surface area contributed by atoms with Crippen LogP contribution >= 0.6 is 0 Å². The van der Waals surface area contributed by atoms with Crippen molar-refractivity contribution in [3.8, 4) is 22.6 Å². The zero-order chi connectivity index (χ0) is 34.4. The molecule has 0 spiro atoms. The zero-order valence-corrected chi connectivity index (χ0v) is 34.3. The van der Waals surface area contributed by atoms with E-state index in [1.807, 2.05) is 56.4 Å². The molecule has 0 aliphatic carbocycles. The molecule has 5 heterocycles. The predicted molar refractivity (Wildman–Crippen MR) is 205 cm³/mol. The number of aryl methyl sites for hydroxylation is 3. The molecule has 0 aliphatic rings. The summed E-state index contributed by atoms with van der Waals surface area (Å²) in [5, 5.41) is 3.11. The van der Waals surface area contributed by atoms with Crippen molar-refractivity contribution >= 4 is 61.7 Å². The maximum absolute atomic E-state index is 6.08. The van der Waals surface area contributed by atoms with Crippen LogP contribution in [-0.4, -0.2) is 37.8 Å². The van der Waals surface area contributed by atoms with Gasteiger partial charge < -0.3 is 8.98 Å². The number of fused-ring (bicyclic) bond motifs is 6. The van der Waals surface area contributed by atoms with E-state index in [4.69, 9.17) is 19.4 Å². The van der Waals surface area contributed by atoms with E-state index >= 15 is 0 Å². The molecule has 6 nitrogen and oxygen atoms in total. The van der Waals surface area contributed by atoms with Crippen LogP contribution in [0.25, 0.3) is 66.7 Å². The minimum atomic E-state index is -1.87. The van der Waals surface area contributed by atoms with Crippen LogP contribution in [0.4, 0.5) is 0 Å². The van der Waals surface area contributed by atoms with Crippen molar-refractivity contribution < 1.29 is 24.5 Å². The molecule has 8 aromatic rings. The summed E-state index contributed by atoms with van der Waals surface area (Å²) < 4.78 is 9.70. The zero-order valence-electron chi connectivity index (χ0n) is 29.8. The third kappa shape index (κ3) is 6.92. The van der Waals surface area contributed by atoms with Crippen molar-refractivity contribution in [2.45, 2.75) is 51.4 Å². The van der Waals surface area contributed by atoms with Crippen LogP contribution in [0.1, 0.15) is 30.7 Å². The van der Waals surface area contributed by atoms with Gasteiger partial charge in [0.05, 0.1) is 28.0 Å². The van der Waals surface area contributed by atoms with Gasteiger partial charge in [-0.2, -0.15) is 0 Å². The topological polar surface area (TPSA) is 69.6 Å². The Bertz CT molecular complexity index is 2470. The molecule has 0 unspecified atom stereocenters.